The van der Waals surface area contributed by atoms with Crippen LogP contribution in [0.5, 0.6) is 0 Å². The fraction of sp³-hybridized carbons (Fsp3) is 0.304. The molecule has 25 heavy (non-hydrogen) atoms. The van der Waals surface area contributed by atoms with Crippen molar-refractivity contribution >= 4 is 10.8 Å². The fourth-order valence-electron chi connectivity index (χ4n) is 3.84. The molecule has 0 saturated heterocycles. The van der Waals surface area contributed by atoms with Gasteiger partial charge in [-0.15, -0.1) is 0 Å². The predicted octanol–water partition coefficient (Wildman–Crippen LogP) is 4.61. The van der Waals surface area contributed by atoms with E-state index in [1.165, 1.54) is 33.0 Å². The predicted molar refractivity (Wildman–Crippen MR) is 104 cm³/mol. The molecule has 0 aromatic heterocycles. The number of rotatable bonds is 4. The van der Waals surface area contributed by atoms with Gasteiger partial charge in [-0.1, -0.05) is 60.7 Å². The summed E-state index contributed by atoms with van der Waals surface area (Å²) in [5.41, 5.74) is 5.53. The normalized spacial score (nSPS) is 16.5. The van der Waals surface area contributed by atoms with Crippen LogP contribution in [0, 0.1) is 0 Å². The minimum absolute atomic E-state index is 0.0137. The Morgan fingerprint density at radius 1 is 0.880 bits per heavy atom. The summed E-state index contributed by atoms with van der Waals surface area (Å²) in [4.78, 5) is 2.17. The second kappa shape index (κ2) is 6.99. The molecular weight excluding hydrogens is 306 g/mol. The first kappa shape index (κ1) is 16.3. The van der Waals surface area contributed by atoms with Gasteiger partial charge in [0.2, 0.25) is 0 Å². The Morgan fingerprint density at radius 2 is 1.64 bits per heavy atom. The lowest BCUT2D eigenvalue weighted by Gasteiger charge is -2.23. The van der Waals surface area contributed by atoms with Crippen LogP contribution in [0.4, 0.5) is 0 Å². The van der Waals surface area contributed by atoms with E-state index in [0.717, 1.165) is 26.0 Å². The van der Waals surface area contributed by atoms with Crippen LogP contribution in [0.15, 0.2) is 60.7 Å². The molecule has 0 bridgehead atoms. The number of aryl methyl sites for hydroxylation is 2. The van der Waals surface area contributed by atoms with Crippen molar-refractivity contribution in [2.45, 2.75) is 18.9 Å². The summed E-state index contributed by atoms with van der Waals surface area (Å²) in [7, 11) is 4.18. The van der Waals surface area contributed by atoms with Gasteiger partial charge in [0, 0.05) is 6.54 Å². The largest absolute Gasteiger partial charge is 0.367 e. The van der Waals surface area contributed by atoms with Crippen LogP contribution >= 0.6 is 0 Å². The lowest BCUT2D eigenvalue weighted by atomic mass is 9.92. The van der Waals surface area contributed by atoms with Gasteiger partial charge in [-0.05, 0) is 60.0 Å². The third kappa shape index (κ3) is 3.20. The highest BCUT2D eigenvalue weighted by atomic mass is 16.5. The van der Waals surface area contributed by atoms with Crippen LogP contribution < -0.4 is 0 Å². The van der Waals surface area contributed by atoms with Crippen LogP contribution in [-0.4, -0.2) is 32.1 Å². The van der Waals surface area contributed by atoms with E-state index in [4.69, 9.17) is 4.74 Å². The van der Waals surface area contributed by atoms with Gasteiger partial charge in [-0.25, -0.2) is 0 Å². The Kier molecular flexibility index (Phi) is 4.56. The fourth-order valence-corrected chi connectivity index (χ4v) is 3.84. The number of hydrogen-bond acceptors (Lipinski definition) is 2. The van der Waals surface area contributed by atoms with Gasteiger partial charge >= 0.3 is 0 Å². The maximum Gasteiger partial charge on any atom is 0.109 e. The lowest BCUT2D eigenvalue weighted by molar-refractivity contribution is 0.0692. The summed E-state index contributed by atoms with van der Waals surface area (Å²) in [5, 5.41) is 2.62. The van der Waals surface area contributed by atoms with Gasteiger partial charge in [-0.3, -0.25) is 0 Å². The summed E-state index contributed by atoms with van der Waals surface area (Å²) in [6.07, 6.45) is 2.17. The van der Waals surface area contributed by atoms with E-state index < -0.39 is 0 Å². The monoisotopic (exact) mass is 331 g/mol. The molecule has 2 heteroatoms. The molecule has 128 valence electrons. The second-order valence-corrected chi connectivity index (χ2v) is 7.11. The van der Waals surface area contributed by atoms with Crippen molar-refractivity contribution in [2.75, 3.05) is 27.2 Å². The third-order valence-corrected chi connectivity index (χ3v) is 5.15. The molecule has 3 aromatic rings. The average Bonchev–Trinajstić information content (AvgIpc) is 2.79. The molecule has 1 atom stereocenters. The summed E-state index contributed by atoms with van der Waals surface area (Å²) in [6.45, 7) is 1.66. The molecule has 3 aromatic carbocycles. The number of fused-ring (bicyclic) bond motifs is 4. The molecule has 0 heterocycles. The maximum atomic E-state index is 6.49. The molecule has 0 N–H and O–H groups in total. The van der Waals surface area contributed by atoms with E-state index in [9.17, 15) is 0 Å². The quantitative estimate of drug-likeness (QED) is 0.692. The molecule has 0 spiro atoms. The van der Waals surface area contributed by atoms with E-state index >= 15 is 0 Å². The zero-order valence-electron chi connectivity index (χ0n) is 15.0. The highest BCUT2D eigenvalue weighted by molar-refractivity contribution is 5.87. The molecule has 1 aliphatic carbocycles. The molecule has 0 amide bonds. The molecule has 0 saturated carbocycles. The molecule has 0 aliphatic heterocycles. The summed E-state index contributed by atoms with van der Waals surface area (Å²) in [5.74, 6) is 0. The number of nitrogens with zero attached hydrogens (tertiary/aromatic N) is 1. The summed E-state index contributed by atoms with van der Waals surface area (Å²) < 4.78 is 6.49. The smallest absolute Gasteiger partial charge is 0.109 e. The Morgan fingerprint density at radius 3 is 2.52 bits per heavy atom. The van der Waals surface area contributed by atoms with Crippen molar-refractivity contribution in [3.8, 4) is 0 Å². The minimum atomic E-state index is 0.0137. The standard InChI is InChI=1S/C23H25NO/c1-24(2)15-16-25-23-21-10-6-4-8-18(21)12-14-19-13-11-17-7-3-5-9-20(17)22(19)23/h3-11,13,23H,12,14-16H2,1-2H3/t23-/m1/s1. The van der Waals surface area contributed by atoms with E-state index in [0.29, 0.717) is 0 Å². The Labute approximate surface area is 150 Å². The number of hydrogen-bond donors (Lipinski definition) is 0. The second-order valence-electron chi connectivity index (χ2n) is 7.11. The van der Waals surface area contributed by atoms with Crippen LogP contribution in [0.3, 0.4) is 0 Å². The average molecular weight is 331 g/mol. The first-order valence-corrected chi connectivity index (χ1v) is 9.08. The van der Waals surface area contributed by atoms with Crippen molar-refractivity contribution in [2.24, 2.45) is 0 Å². The van der Waals surface area contributed by atoms with E-state index in [1.807, 2.05) is 0 Å². The lowest BCUT2D eigenvalue weighted by Crippen LogP contribution is -2.20. The van der Waals surface area contributed by atoms with Crippen molar-refractivity contribution < 1.29 is 4.74 Å². The highest BCUT2D eigenvalue weighted by Crippen LogP contribution is 2.39. The molecular formula is C23H25NO. The van der Waals surface area contributed by atoms with Gasteiger partial charge in [-0.2, -0.15) is 0 Å². The molecule has 1 aliphatic rings. The van der Waals surface area contributed by atoms with Crippen molar-refractivity contribution in [3.05, 3.63) is 82.9 Å². The van der Waals surface area contributed by atoms with Crippen LogP contribution in [0.1, 0.15) is 28.4 Å². The SMILES string of the molecule is CN(C)CCO[C@@H]1c2ccccc2CCc2ccc3ccccc3c21. The van der Waals surface area contributed by atoms with Gasteiger partial charge in [0.1, 0.15) is 6.10 Å². The maximum absolute atomic E-state index is 6.49. The van der Waals surface area contributed by atoms with Crippen molar-refractivity contribution in [1.82, 2.24) is 4.90 Å². The Bertz CT molecular complexity index is 884. The van der Waals surface area contributed by atoms with Gasteiger partial charge < -0.3 is 9.64 Å². The van der Waals surface area contributed by atoms with E-state index in [-0.39, 0.29) is 6.10 Å². The summed E-state index contributed by atoms with van der Waals surface area (Å²) >= 11 is 0. The first-order valence-electron chi connectivity index (χ1n) is 9.08. The third-order valence-electron chi connectivity index (χ3n) is 5.15. The zero-order chi connectivity index (χ0) is 17.2. The Balaban J connectivity index is 1.86. The van der Waals surface area contributed by atoms with Gasteiger partial charge in [0.15, 0.2) is 0 Å². The van der Waals surface area contributed by atoms with Crippen molar-refractivity contribution in [1.29, 1.82) is 0 Å². The zero-order valence-corrected chi connectivity index (χ0v) is 15.0. The number of ether oxygens (including phenoxy) is 1. The molecule has 0 fully saturated rings. The topological polar surface area (TPSA) is 12.5 Å². The van der Waals surface area contributed by atoms with Crippen LogP contribution in [0.2, 0.25) is 0 Å². The van der Waals surface area contributed by atoms with E-state index in [1.54, 1.807) is 0 Å². The summed E-state index contributed by atoms with van der Waals surface area (Å²) in [6, 6.07) is 22.0. The van der Waals surface area contributed by atoms with Crippen LogP contribution in [0.25, 0.3) is 10.8 Å². The van der Waals surface area contributed by atoms with Gasteiger partial charge in [0.25, 0.3) is 0 Å². The first-order chi connectivity index (χ1) is 12.2. The number of benzene rings is 3. The minimum Gasteiger partial charge on any atom is -0.367 e. The molecule has 4 rings (SSSR count). The van der Waals surface area contributed by atoms with Crippen LogP contribution in [-0.2, 0) is 17.6 Å². The Hall–Kier alpha value is -2.16. The molecule has 0 radical (unpaired) electrons. The molecule has 0 unspecified atom stereocenters. The highest BCUT2D eigenvalue weighted by Gasteiger charge is 2.25. The van der Waals surface area contributed by atoms with Crippen molar-refractivity contribution in [3.63, 3.8) is 0 Å². The van der Waals surface area contributed by atoms with E-state index in [2.05, 4.69) is 79.7 Å². The molecule has 2 nitrogen and oxygen atoms in total. The van der Waals surface area contributed by atoms with Gasteiger partial charge in [0.05, 0.1) is 6.61 Å². The number of likely N-dealkylation sites (N-methyl/N-ethyl adjacent to an activating group) is 1.